The summed E-state index contributed by atoms with van der Waals surface area (Å²) in [6.45, 7) is 1.38. The Morgan fingerprint density at radius 3 is 2.65 bits per heavy atom. The summed E-state index contributed by atoms with van der Waals surface area (Å²) in [4.78, 5) is 22.2. The molecule has 0 saturated carbocycles. The van der Waals surface area contributed by atoms with Crippen LogP contribution in [-0.4, -0.2) is 30.2 Å². The van der Waals surface area contributed by atoms with Crippen molar-refractivity contribution in [2.75, 3.05) is 7.11 Å². The van der Waals surface area contributed by atoms with Gasteiger partial charge in [0.1, 0.15) is 0 Å². The fourth-order valence-corrected chi connectivity index (χ4v) is 1.74. The molecule has 0 heterocycles. The van der Waals surface area contributed by atoms with Crippen molar-refractivity contribution in [2.24, 2.45) is 5.73 Å². The van der Waals surface area contributed by atoms with Crippen LogP contribution in [0.15, 0.2) is 22.7 Å². The Morgan fingerprint density at radius 2 is 2.10 bits per heavy atom. The van der Waals surface area contributed by atoms with Crippen molar-refractivity contribution in [3.8, 4) is 11.5 Å². The van der Waals surface area contributed by atoms with Gasteiger partial charge in [0.2, 0.25) is 0 Å². The molecule has 0 bridgehead atoms. The zero-order valence-corrected chi connectivity index (χ0v) is 12.5. The Kier molecular flexibility index (Phi) is 5.57. The third-order valence-corrected chi connectivity index (χ3v) is 2.98. The van der Waals surface area contributed by atoms with Gasteiger partial charge in [-0.1, -0.05) is 0 Å². The Balaban J connectivity index is 2.83. The minimum Gasteiger partial charge on any atom is -0.503 e. The average Bonchev–Trinajstić information content (AvgIpc) is 2.39. The monoisotopic (exact) mass is 343 g/mol. The summed E-state index contributed by atoms with van der Waals surface area (Å²) >= 11 is 3.16. The Hall–Kier alpha value is -2.02. The van der Waals surface area contributed by atoms with Gasteiger partial charge in [-0.05, 0) is 46.6 Å². The number of primary amides is 1. The normalized spacial score (nSPS) is 12.2. The van der Waals surface area contributed by atoms with Gasteiger partial charge in [-0.3, -0.25) is 4.79 Å². The first kappa shape index (κ1) is 16.0. The van der Waals surface area contributed by atoms with Crippen molar-refractivity contribution in [3.05, 3.63) is 28.2 Å². The molecule has 1 rings (SSSR count). The molecule has 0 fully saturated rings. The van der Waals surface area contributed by atoms with Gasteiger partial charge in [0.05, 0.1) is 11.6 Å². The van der Waals surface area contributed by atoms with E-state index in [4.69, 9.17) is 15.2 Å². The molecule has 108 valence electrons. The van der Waals surface area contributed by atoms with Gasteiger partial charge in [-0.2, -0.15) is 0 Å². The van der Waals surface area contributed by atoms with Crippen LogP contribution in [0, 0.1) is 0 Å². The van der Waals surface area contributed by atoms with E-state index < -0.39 is 18.0 Å². The Labute approximate surface area is 124 Å². The van der Waals surface area contributed by atoms with Gasteiger partial charge < -0.3 is 20.3 Å². The fraction of sp³-hybridized carbons (Fsp3) is 0.231. The van der Waals surface area contributed by atoms with Gasteiger partial charge in [0, 0.05) is 6.08 Å². The van der Waals surface area contributed by atoms with Crippen LogP contribution in [0.3, 0.4) is 0 Å². The highest BCUT2D eigenvalue weighted by Gasteiger charge is 2.12. The van der Waals surface area contributed by atoms with Gasteiger partial charge >= 0.3 is 5.97 Å². The average molecular weight is 344 g/mol. The maximum absolute atomic E-state index is 11.4. The summed E-state index contributed by atoms with van der Waals surface area (Å²) < 4.78 is 10.2. The molecule has 20 heavy (non-hydrogen) atoms. The minimum atomic E-state index is -0.992. The molecule has 0 aliphatic rings. The number of rotatable bonds is 5. The summed E-state index contributed by atoms with van der Waals surface area (Å²) in [5, 5.41) is 9.64. The second kappa shape index (κ2) is 6.95. The minimum absolute atomic E-state index is 0.0328. The number of nitrogens with two attached hydrogens (primary N) is 1. The van der Waals surface area contributed by atoms with Gasteiger partial charge in [-0.25, -0.2) is 4.79 Å². The molecule has 1 atom stereocenters. The first-order valence-corrected chi connectivity index (χ1v) is 6.39. The van der Waals surface area contributed by atoms with E-state index >= 15 is 0 Å². The molecular weight excluding hydrogens is 330 g/mol. The van der Waals surface area contributed by atoms with Crippen LogP contribution in [0.1, 0.15) is 12.5 Å². The van der Waals surface area contributed by atoms with Crippen LogP contribution >= 0.6 is 15.9 Å². The second-order valence-corrected chi connectivity index (χ2v) is 4.72. The lowest BCUT2D eigenvalue weighted by Crippen LogP contribution is -2.29. The molecule has 0 unspecified atom stereocenters. The zero-order valence-electron chi connectivity index (χ0n) is 10.9. The molecule has 0 aliphatic carbocycles. The van der Waals surface area contributed by atoms with Crippen molar-refractivity contribution in [2.45, 2.75) is 13.0 Å². The van der Waals surface area contributed by atoms with Crippen LogP contribution in [0.4, 0.5) is 0 Å². The van der Waals surface area contributed by atoms with E-state index in [1.807, 2.05) is 0 Å². The molecule has 0 aromatic heterocycles. The van der Waals surface area contributed by atoms with E-state index in [-0.39, 0.29) is 11.5 Å². The predicted molar refractivity (Wildman–Crippen MR) is 76.1 cm³/mol. The number of esters is 1. The number of halogens is 1. The summed E-state index contributed by atoms with van der Waals surface area (Å²) in [5.74, 6) is -1.19. The number of hydrogen-bond acceptors (Lipinski definition) is 5. The second-order valence-electron chi connectivity index (χ2n) is 3.87. The number of ether oxygens (including phenoxy) is 2. The van der Waals surface area contributed by atoms with Crippen molar-refractivity contribution >= 4 is 33.9 Å². The van der Waals surface area contributed by atoms with E-state index in [1.165, 1.54) is 20.1 Å². The van der Waals surface area contributed by atoms with Crippen LogP contribution in [-0.2, 0) is 14.3 Å². The standard InChI is InChI=1S/C13H14BrNO5/c1-7(13(15)18)20-11(16)4-3-8-5-9(14)12(17)10(6-8)19-2/h3-7,17H,1-2H3,(H2,15,18)/b4-3+/t7-/m1/s1. The number of hydrogen-bond donors (Lipinski definition) is 2. The van der Waals surface area contributed by atoms with Gasteiger partial charge in [0.25, 0.3) is 5.91 Å². The number of phenolic OH excluding ortho intramolecular Hbond substituents is 1. The fourth-order valence-electron chi connectivity index (χ4n) is 1.28. The molecule has 1 amide bonds. The lowest BCUT2D eigenvalue weighted by molar-refractivity contribution is -0.148. The summed E-state index contributed by atoms with van der Waals surface area (Å²) in [6, 6.07) is 3.14. The Bertz CT molecular complexity index is 556. The summed E-state index contributed by atoms with van der Waals surface area (Å²) in [5.41, 5.74) is 5.58. The number of methoxy groups -OCH3 is 1. The smallest absolute Gasteiger partial charge is 0.331 e. The van der Waals surface area contributed by atoms with E-state index in [0.29, 0.717) is 10.0 Å². The molecular formula is C13H14BrNO5. The number of phenols is 1. The molecule has 1 aromatic carbocycles. The number of benzene rings is 1. The van der Waals surface area contributed by atoms with E-state index in [1.54, 1.807) is 12.1 Å². The van der Waals surface area contributed by atoms with Crippen LogP contribution in [0.2, 0.25) is 0 Å². The molecule has 0 aliphatic heterocycles. The molecule has 6 nitrogen and oxygen atoms in total. The first-order chi connectivity index (χ1) is 9.35. The number of carbonyl (C=O) groups excluding carboxylic acids is 2. The molecule has 7 heteroatoms. The zero-order chi connectivity index (χ0) is 15.3. The van der Waals surface area contributed by atoms with Gasteiger partial charge in [0.15, 0.2) is 17.6 Å². The quantitative estimate of drug-likeness (QED) is 0.624. The van der Waals surface area contributed by atoms with Crippen molar-refractivity contribution in [3.63, 3.8) is 0 Å². The first-order valence-electron chi connectivity index (χ1n) is 5.59. The number of carbonyl (C=O) groups is 2. The molecule has 3 N–H and O–H groups in total. The van der Waals surface area contributed by atoms with Crippen molar-refractivity contribution < 1.29 is 24.2 Å². The molecule has 0 radical (unpaired) electrons. The number of aromatic hydroxyl groups is 1. The van der Waals surface area contributed by atoms with E-state index in [2.05, 4.69) is 15.9 Å². The van der Waals surface area contributed by atoms with Crippen LogP contribution in [0.5, 0.6) is 11.5 Å². The molecule has 0 spiro atoms. The third-order valence-electron chi connectivity index (χ3n) is 2.38. The predicted octanol–water partition coefficient (Wildman–Crippen LogP) is 1.59. The third kappa shape index (κ3) is 4.27. The summed E-state index contributed by atoms with van der Waals surface area (Å²) in [6.07, 6.45) is 1.62. The maximum Gasteiger partial charge on any atom is 0.331 e. The largest absolute Gasteiger partial charge is 0.503 e. The van der Waals surface area contributed by atoms with Crippen LogP contribution in [0.25, 0.3) is 6.08 Å². The van der Waals surface area contributed by atoms with Crippen LogP contribution < -0.4 is 10.5 Å². The topological polar surface area (TPSA) is 98.9 Å². The number of amides is 1. The van der Waals surface area contributed by atoms with E-state index in [0.717, 1.165) is 6.08 Å². The van der Waals surface area contributed by atoms with Crippen molar-refractivity contribution in [1.82, 2.24) is 0 Å². The lowest BCUT2D eigenvalue weighted by atomic mass is 10.2. The maximum atomic E-state index is 11.4. The highest BCUT2D eigenvalue weighted by atomic mass is 79.9. The van der Waals surface area contributed by atoms with Gasteiger partial charge in [-0.15, -0.1) is 0 Å². The SMILES string of the molecule is COc1cc(/C=C/C(=O)O[C@H](C)C(N)=O)cc(Br)c1O. The highest BCUT2D eigenvalue weighted by Crippen LogP contribution is 2.35. The highest BCUT2D eigenvalue weighted by molar-refractivity contribution is 9.10. The lowest BCUT2D eigenvalue weighted by Gasteiger charge is -2.07. The Morgan fingerprint density at radius 1 is 1.45 bits per heavy atom. The summed E-state index contributed by atoms with van der Waals surface area (Å²) in [7, 11) is 1.41. The van der Waals surface area contributed by atoms with E-state index in [9.17, 15) is 14.7 Å². The molecule has 0 saturated heterocycles. The molecule has 1 aromatic rings. The van der Waals surface area contributed by atoms with Crippen molar-refractivity contribution in [1.29, 1.82) is 0 Å².